The van der Waals surface area contributed by atoms with Crippen molar-refractivity contribution in [3.63, 3.8) is 0 Å². The highest BCUT2D eigenvalue weighted by atomic mass is 79.9. The topological polar surface area (TPSA) is 122 Å². The fourth-order valence-electron chi connectivity index (χ4n) is 5.97. The zero-order chi connectivity index (χ0) is 35.6. The fraction of sp³-hybridized carbons (Fsp3) is 0.128. The number of halogens is 1. The van der Waals surface area contributed by atoms with Gasteiger partial charge in [0.05, 0.1) is 23.2 Å². The number of aromatic hydroxyl groups is 1. The molecule has 0 saturated carbocycles. The lowest BCUT2D eigenvalue weighted by Gasteiger charge is -2.23. The fourth-order valence-corrected chi connectivity index (χ4v) is 8.30. The number of phenolic OH excluding ortho intramolecular Hbond substituents is 1. The Morgan fingerprint density at radius 3 is 2.45 bits per heavy atom. The number of aliphatic hydroxyl groups excluding tert-OH is 1. The molecule has 0 radical (unpaired) electrons. The SMILES string of the molecule is COc1cc(C2/C(=C(\O)c3ccc(OCc4ccccc4C)cc3)C(=O)C(=O)N2c2nnc(SCc3cccc4ccccc34)s2)cc(Br)c1O. The number of carbonyl (C=O) groups excluding carboxylic acids is 2. The molecular weight excluding hydrogens is 750 g/mol. The monoisotopic (exact) mass is 779 g/mol. The van der Waals surface area contributed by atoms with E-state index in [0.29, 0.717) is 33.6 Å². The molecule has 2 N–H and O–H groups in total. The van der Waals surface area contributed by atoms with E-state index >= 15 is 0 Å². The molecule has 256 valence electrons. The first-order valence-electron chi connectivity index (χ1n) is 15.8. The summed E-state index contributed by atoms with van der Waals surface area (Å²) >= 11 is 6.01. The largest absolute Gasteiger partial charge is 0.507 e. The zero-order valence-electron chi connectivity index (χ0n) is 27.4. The van der Waals surface area contributed by atoms with E-state index in [-0.39, 0.29) is 32.4 Å². The van der Waals surface area contributed by atoms with Gasteiger partial charge in [-0.25, -0.2) is 0 Å². The molecule has 1 amide bonds. The predicted octanol–water partition coefficient (Wildman–Crippen LogP) is 8.97. The van der Waals surface area contributed by atoms with Crippen LogP contribution in [0.15, 0.2) is 118 Å². The molecule has 12 heteroatoms. The van der Waals surface area contributed by atoms with Crippen LogP contribution in [0.4, 0.5) is 5.13 Å². The second kappa shape index (κ2) is 14.6. The van der Waals surface area contributed by atoms with Gasteiger partial charge in [0.25, 0.3) is 5.78 Å². The number of aryl methyl sites for hydroxylation is 1. The van der Waals surface area contributed by atoms with Gasteiger partial charge in [0, 0.05) is 11.3 Å². The van der Waals surface area contributed by atoms with Gasteiger partial charge in [-0.1, -0.05) is 89.8 Å². The number of ether oxygens (including phenoxy) is 2. The number of hydrogen-bond donors (Lipinski definition) is 2. The molecule has 5 aromatic carbocycles. The maximum atomic E-state index is 13.8. The Hall–Kier alpha value is -5.17. The van der Waals surface area contributed by atoms with Crippen molar-refractivity contribution in [3.8, 4) is 17.2 Å². The number of fused-ring (bicyclic) bond motifs is 1. The first-order chi connectivity index (χ1) is 24.7. The summed E-state index contributed by atoms with van der Waals surface area (Å²) in [5, 5.41) is 33.4. The Kier molecular flexibility index (Phi) is 9.81. The average Bonchev–Trinajstić information content (AvgIpc) is 3.72. The second-order valence-electron chi connectivity index (χ2n) is 11.7. The van der Waals surface area contributed by atoms with Gasteiger partial charge in [-0.2, -0.15) is 0 Å². The molecule has 1 aliphatic heterocycles. The number of methoxy groups -OCH3 is 1. The molecule has 6 aromatic rings. The molecule has 0 bridgehead atoms. The van der Waals surface area contributed by atoms with Crippen LogP contribution >= 0.6 is 39.0 Å². The van der Waals surface area contributed by atoms with Crippen molar-refractivity contribution in [1.29, 1.82) is 0 Å². The molecule has 2 heterocycles. The molecule has 0 aliphatic carbocycles. The smallest absolute Gasteiger partial charge is 0.301 e. The van der Waals surface area contributed by atoms with Crippen LogP contribution in [0.5, 0.6) is 17.2 Å². The highest BCUT2D eigenvalue weighted by Gasteiger charge is 2.48. The van der Waals surface area contributed by atoms with Gasteiger partial charge in [0.15, 0.2) is 15.8 Å². The third-order valence-electron chi connectivity index (χ3n) is 8.65. The highest BCUT2D eigenvalue weighted by molar-refractivity contribution is 9.10. The summed E-state index contributed by atoms with van der Waals surface area (Å²) in [7, 11) is 1.40. The number of Topliss-reactive ketones (excluding diaryl/α,β-unsaturated/α-hetero) is 1. The first-order valence-corrected chi connectivity index (χ1v) is 18.4. The van der Waals surface area contributed by atoms with Crippen molar-refractivity contribution < 1.29 is 29.3 Å². The molecule has 0 spiro atoms. The van der Waals surface area contributed by atoms with Crippen LogP contribution in [-0.4, -0.2) is 39.2 Å². The molecule has 1 aromatic heterocycles. The molecule has 1 fully saturated rings. The third-order valence-corrected chi connectivity index (χ3v) is 11.4. The quantitative estimate of drug-likeness (QED) is 0.0461. The number of hydrogen-bond acceptors (Lipinski definition) is 10. The van der Waals surface area contributed by atoms with E-state index in [2.05, 4.69) is 50.4 Å². The van der Waals surface area contributed by atoms with Crippen molar-refractivity contribution in [1.82, 2.24) is 10.2 Å². The molecule has 51 heavy (non-hydrogen) atoms. The maximum absolute atomic E-state index is 13.8. The van der Waals surface area contributed by atoms with Gasteiger partial charge < -0.3 is 19.7 Å². The van der Waals surface area contributed by atoms with E-state index in [1.165, 1.54) is 41.2 Å². The van der Waals surface area contributed by atoms with E-state index in [9.17, 15) is 19.8 Å². The Labute approximate surface area is 310 Å². The zero-order valence-corrected chi connectivity index (χ0v) is 30.6. The molecule has 9 nitrogen and oxygen atoms in total. The number of benzene rings is 5. The van der Waals surface area contributed by atoms with Gasteiger partial charge in [-0.05, 0) is 92.3 Å². The van der Waals surface area contributed by atoms with Gasteiger partial charge in [-0.15, -0.1) is 10.2 Å². The number of aliphatic hydroxyl groups is 1. The minimum atomic E-state index is -1.11. The normalized spacial score (nSPS) is 15.4. The van der Waals surface area contributed by atoms with Crippen LogP contribution in [0.25, 0.3) is 16.5 Å². The highest BCUT2D eigenvalue weighted by Crippen LogP contribution is 2.47. The minimum absolute atomic E-state index is 0.115. The van der Waals surface area contributed by atoms with Crippen LogP contribution in [-0.2, 0) is 21.9 Å². The van der Waals surface area contributed by atoms with Crippen molar-refractivity contribution in [2.75, 3.05) is 12.0 Å². The Morgan fingerprint density at radius 1 is 0.941 bits per heavy atom. The van der Waals surface area contributed by atoms with E-state index in [1.807, 2.05) is 49.4 Å². The summed E-state index contributed by atoms with van der Waals surface area (Å²) in [5.41, 5.74) is 3.85. The molecule has 1 unspecified atom stereocenters. The van der Waals surface area contributed by atoms with Crippen molar-refractivity contribution in [2.24, 2.45) is 0 Å². The summed E-state index contributed by atoms with van der Waals surface area (Å²) in [6.07, 6.45) is 0. The van der Waals surface area contributed by atoms with E-state index in [1.54, 1.807) is 30.3 Å². The number of rotatable bonds is 10. The van der Waals surface area contributed by atoms with E-state index in [4.69, 9.17) is 9.47 Å². The number of thioether (sulfide) groups is 1. The van der Waals surface area contributed by atoms with Crippen molar-refractivity contribution in [3.05, 3.63) is 141 Å². The number of nitrogens with zero attached hydrogens (tertiary/aromatic N) is 3. The van der Waals surface area contributed by atoms with Crippen molar-refractivity contribution >= 4 is 72.4 Å². The Morgan fingerprint density at radius 2 is 1.67 bits per heavy atom. The van der Waals surface area contributed by atoms with Gasteiger partial charge in [0.2, 0.25) is 5.13 Å². The second-order valence-corrected chi connectivity index (χ2v) is 14.8. The van der Waals surface area contributed by atoms with E-state index < -0.39 is 17.7 Å². The van der Waals surface area contributed by atoms with Crippen LogP contribution in [0.2, 0.25) is 0 Å². The summed E-state index contributed by atoms with van der Waals surface area (Å²) in [5.74, 6) is -0.979. The Balaban J connectivity index is 1.22. The van der Waals surface area contributed by atoms with Crippen LogP contribution in [0.1, 0.15) is 33.9 Å². The van der Waals surface area contributed by atoms with Crippen molar-refractivity contribution in [2.45, 2.75) is 29.7 Å². The van der Waals surface area contributed by atoms with E-state index in [0.717, 1.165) is 27.5 Å². The molecule has 1 saturated heterocycles. The number of phenols is 1. The van der Waals surface area contributed by atoms with Gasteiger partial charge in [0.1, 0.15) is 18.1 Å². The van der Waals surface area contributed by atoms with Crippen LogP contribution in [0, 0.1) is 6.92 Å². The summed E-state index contributed by atoms with van der Waals surface area (Å²) in [6.45, 7) is 2.38. The molecule has 1 aliphatic rings. The molecule has 1 atom stereocenters. The number of anilines is 1. The lowest BCUT2D eigenvalue weighted by atomic mass is 9.95. The average molecular weight is 781 g/mol. The number of amides is 1. The van der Waals surface area contributed by atoms with Gasteiger partial charge >= 0.3 is 5.91 Å². The molecule has 7 rings (SSSR count). The lowest BCUT2D eigenvalue weighted by Crippen LogP contribution is -2.29. The third kappa shape index (κ3) is 6.82. The number of aromatic nitrogens is 2. The molecular formula is C39H30BrN3O6S2. The minimum Gasteiger partial charge on any atom is -0.507 e. The van der Waals surface area contributed by atoms with Crippen LogP contribution < -0.4 is 14.4 Å². The maximum Gasteiger partial charge on any atom is 0.301 e. The standard InChI is InChI=1S/C39H30BrN3O6S2/c1-22-8-3-4-10-25(22)20-49-28-16-14-24(15-17-28)34(44)32-33(27-18-30(40)35(45)31(19-27)48-2)43(37(47)36(32)46)38-41-42-39(51-38)50-21-26-12-7-11-23-9-5-6-13-29(23)26/h3-19,33,44-45H,20-21H2,1-2H3/b34-32+. The summed E-state index contributed by atoms with van der Waals surface area (Å²) in [4.78, 5) is 28.9. The Bertz CT molecular complexity index is 2320. The lowest BCUT2D eigenvalue weighted by molar-refractivity contribution is -0.132. The summed E-state index contributed by atoms with van der Waals surface area (Å²) < 4.78 is 12.2. The van der Waals surface area contributed by atoms with Gasteiger partial charge in [-0.3, -0.25) is 14.5 Å². The number of carbonyl (C=O) groups is 2. The predicted molar refractivity (Wildman–Crippen MR) is 203 cm³/mol. The first kappa shape index (κ1) is 34.3. The van der Waals surface area contributed by atoms with Crippen LogP contribution in [0.3, 0.4) is 0 Å². The summed E-state index contributed by atoms with van der Waals surface area (Å²) in [6, 6.07) is 30.9. The number of ketones is 1.